The molecule has 3 heteroatoms. The minimum atomic E-state index is 0.763. The molecule has 13 heavy (non-hydrogen) atoms. The molecule has 1 saturated heterocycles. The highest BCUT2D eigenvalue weighted by atomic mass is 15.2. The molecule has 68 valence electrons. The molecule has 1 fully saturated rings. The van der Waals surface area contributed by atoms with Crippen molar-refractivity contribution >= 4 is 5.70 Å². The van der Waals surface area contributed by atoms with E-state index in [1.807, 2.05) is 18.7 Å². The Balaban J connectivity index is 2.00. The van der Waals surface area contributed by atoms with Crippen LogP contribution in [0.4, 0.5) is 0 Å². The minimum absolute atomic E-state index is 0.763. The Bertz CT molecular complexity index is 318. The van der Waals surface area contributed by atoms with Crippen LogP contribution in [0.2, 0.25) is 0 Å². The first-order valence-electron chi connectivity index (χ1n) is 4.87. The molecule has 4 rings (SSSR count). The van der Waals surface area contributed by atoms with Gasteiger partial charge in [-0.1, -0.05) is 0 Å². The summed E-state index contributed by atoms with van der Waals surface area (Å²) in [4.78, 5) is 6.50. The summed E-state index contributed by atoms with van der Waals surface area (Å²) in [5.74, 6) is 0.763. The fraction of sp³-hybridized carbons (Fsp3) is 0.500. The third-order valence-corrected chi connectivity index (χ3v) is 3.07. The fourth-order valence-electron chi connectivity index (χ4n) is 2.31. The molecule has 0 aliphatic carbocycles. The second-order valence-electron chi connectivity index (χ2n) is 3.83. The molecule has 0 radical (unpaired) electrons. The van der Waals surface area contributed by atoms with Crippen molar-refractivity contribution in [3.8, 4) is 0 Å². The van der Waals surface area contributed by atoms with Gasteiger partial charge in [0.2, 0.25) is 0 Å². The lowest BCUT2D eigenvalue weighted by atomic mass is 9.90. The Morgan fingerprint density at radius 1 is 1.31 bits per heavy atom. The summed E-state index contributed by atoms with van der Waals surface area (Å²) in [6, 6.07) is 0. The van der Waals surface area contributed by atoms with Gasteiger partial charge in [0.15, 0.2) is 0 Å². The van der Waals surface area contributed by atoms with Gasteiger partial charge in [0, 0.05) is 43.3 Å². The van der Waals surface area contributed by atoms with Crippen LogP contribution < -0.4 is 0 Å². The quantitative estimate of drug-likeness (QED) is 0.643. The summed E-state index contributed by atoms with van der Waals surface area (Å²) in [5, 5.41) is 0. The fourth-order valence-corrected chi connectivity index (χ4v) is 2.31. The summed E-state index contributed by atoms with van der Waals surface area (Å²) in [5.41, 5.74) is 1.43. The van der Waals surface area contributed by atoms with E-state index in [4.69, 9.17) is 0 Å². The van der Waals surface area contributed by atoms with Gasteiger partial charge in [-0.15, -0.1) is 0 Å². The molecule has 0 N–H and O–H groups in total. The van der Waals surface area contributed by atoms with Crippen LogP contribution in [-0.4, -0.2) is 27.5 Å². The van der Waals surface area contributed by atoms with Crippen LogP contribution in [0.3, 0.4) is 0 Å². The van der Waals surface area contributed by atoms with Gasteiger partial charge < -0.3 is 9.47 Å². The van der Waals surface area contributed by atoms with E-state index in [0.29, 0.717) is 0 Å². The van der Waals surface area contributed by atoms with Gasteiger partial charge >= 0.3 is 0 Å². The molecular weight excluding hydrogens is 162 g/mol. The lowest BCUT2D eigenvalue weighted by Crippen LogP contribution is -2.36. The monoisotopic (exact) mass is 175 g/mol. The van der Waals surface area contributed by atoms with Gasteiger partial charge in [0.25, 0.3) is 0 Å². The number of nitrogens with zero attached hydrogens (tertiary/aromatic N) is 3. The van der Waals surface area contributed by atoms with Gasteiger partial charge in [-0.2, -0.15) is 0 Å². The zero-order valence-corrected chi connectivity index (χ0v) is 7.56. The highest BCUT2D eigenvalue weighted by Crippen LogP contribution is 2.33. The average Bonchev–Trinajstić information content (AvgIpc) is 2.72. The van der Waals surface area contributed by atoms with Crippen molar-refractivity contribution in [3.05, 3.63) is 24.9 Å². The molecule has 0 saturated carbocycles. The van der Waals surface area contributed by atoms with Gasteiger partial charge in [-0.05, 0) is 12.8 Å². The van der Waals surface area contributed by atoms with E-state index in [-0.39, 0.29) is 0 Å². The van der Waals surface area contributed by atoms with Crippen molar-refractivity contribution < 1.29 is 0 Å². The smallest absolute Gasteiger partial charge is 0.0989 e. The molecule has 0 spiro atoms. The second-order valence-corrected chi connectivity index (χ2v) is 3.83. The van der Waals surface area contributed by atoms with Gasteiger partial charge in [0.05, 0.1) is 6.33 Å². The van der Waals surface area contributed by atoms with Crippen molar-refractivity contribution in [2.45, 2.75) is 12.8 Å². The van der Waals surface area contributed by atoms with Gasteiger partial charge in [-0.3, -0.25) is 0 Å². The normalized spacial score (nSPS) is 22.2. The van der Waals surface area contributed by atoms with E-state index in [0.717, 1.165) is 5.92 Å². The number of rotatable bonds is 1. The van der Waals surface area contributed by atoms with Crippen LogP contribution in [0.5, 0.6) is 0 Å². The van der Waals surface area contributed by atoms with Crippen LogP contribution in [0, 0.1) is 5.92 Å². The number of allylic oxidation sites excluding steroid dienone is 1. The summed E-state index contributed by atoms with van der Waals surface area (Å²) >= 11 is 0. The third kappa shape index (κ3) is 1.07. The first-order valence-corrected chi connectivity index (χ1v) is 4.87. The summed E-state index contributed by atoms with van der Waals surface area (Å²) in [7, 11) is 0. The number of aromatic nitrogens is 2. The molecular formula is C10H13N3. The SMILES string of the molecule is C1=C(n2ccnc2)C2CCN1CC2. The van der Waals surface area contributed by atoms with Gasteiger partial charge in [0.1, 0.15) is 0 Å². The first-order chi connectivity index (χ1) is 6.43. The average molecular weight is 175 g/mol. The Labute approximate surface area is 77.7 Å². The molecule has 0 amide bonds. The lowest BCUT2D eigenvalue weighted by molar-refractivity contribution is 0.246. The largest absolute Gasteiger partial charge is 0.376 e. The number of piperidine rings is 1. The molecule has 4 heterocycles. The highest BCUT2D eigenvalue weighted by molar-refractivity contribution is 5.49. The van der Waals surface area contributed by atoms with Crippen molar-refractivity contribution in [3.63, 3.8) is 0 Å². The van der Waals surface area contributed by atoms with Crippen LogP contribution in [0.25, 0.3) is 5.70 Å². The molecule has 1 aromatic heterocycles. The van der Waals surface area contributed by atoms with Crippen LogP contribution >= 0.6 is 0 Å². The Morgan fingerprint density at radius 3 is 2.69 bits per heavy atom. The van der Waals surface area contributed by atoms with Gasteiger partial charge in [-0.25, -0.2) is 4.98 Å². The lowest BCUT2D eigenvalue weighted by Gasteiger charge is -2.39. The zero-order chi connectivity index (χ0) is 8.67. The molecule has 3 nitrogen and oxygen atoms in total. The summed E-state index contributed by atoms with van der Waals surface area (Å²) in [6.45, 7) is 2.48. The van der Waals surface area contributed by atoms with E-state index >= 15 is 0 Å². The van der Waals surface area contributed by atoms with E-state index in [9.17, 15) is 0 Å². The van der Waals surface area contributed by atoms with E-state index < -0.39 is 0 Å². The maximum atomic E-state index is 4.08. The predicted molar refractivity (Wildman–Crippen MR) is 50.8 cm³/mol. The maximum absolute atomic E-state index is 4.08. The first kappa shape index (κ1) is 7.18. The molecule has 0 unspecified atom stereocenters. The van der Waals surface area contributed by atoms with Crippen LogP contribution in [0.1, 0.15) is 12.8 Å². The number of fused-ring (bicyclic) bond motifs is 2. The second kappa shape index (κ2) is 2.62. The number of imidazole rings is 1. The molecule has 3 aliphatic heterocycles. The Morgan fingerprint density at radius 2 is 2.15 bits per heavy atom. The summed E-state index contributed by atoms with van der Waals surface area (Å²) in [6.07, 6.45) is 10.7. The van der Waals surface area contributed by atoms with Crippen molar-refractivity contribution in [1.29, 1.82) is 0 Å². The molecule has 2 bridgehead atoms. The maximum Gasteiger partial charge on any atom is 0.0989 e. The topological polar surface area (TPSA) is 21.1 Å². The summed E-state index contributed by atoms with van der Waals surface area (Å²) < 4.78 is 2.15. The molecule has 0 aromatic carbocycles. The Hall–Kier alpha value is -1.25. The zero-order valence-electron chi connectivity index (χ0n) is 7.56. The predicted octanol–water partition coefficient (Wildman–Crippen LogP) is 1.41. The molecule has 0 atom stereocenters. The highest BCUT2D eigenvalue weighted by Gasteiger charge is 2.27. The van der Waals surface area contributed by atoms with E-state index in [1.165, 1.54) is 31.6 Å². The molecule has 1 aromatic rings. The number of hydrogen-bond acceptors (Lipinski definition) is 2. The Kier molecular flexibility index (Phi) is 1.45. The third-order valence-electron chi connectivity index (χ3n) is 3.07. The minimum Gasteiger partial charge on any atom is -0.376 e. The van der Waals surface area contributed by atoms with Crippen molar-refractivity contribution in [1.82, 2.24) is 14.5 Å². The molecule has 3 aliphatic rings. The van der Waals surface area contributed by atoms with E-state index in [1.54, 1.807) is 0 Å². The van der Waals surface area contributed by atoms with Crippen molar-refractivity contribution in [2.24, 2.45) is 5.92 Å². The van der Waals surface area contributed by atoms with Crippen molar-refractivity contribution in [2.75, 3.05) is 13.1 Å². The van der Waals surface area contributed by atoms with Crippen LogP contribution in [0.15, 0.2) is 24.9 Å². The number of hydrogen-bond donors (Lipinski definition) is 0. The standard InChI is InChI=1S/C10H13N3/c1-4-12-5-2-9(1)10(7-12)13-6-3-11-8-13/h3,6-9H,1-2,4-5H2. The van der Waals surface area contributed by atoms with Crippen LogP contribution in [-0.2, 0) is 0 Å². The van der Waals surface area contributed by atoms with E-state index in [2.05, 4.69) is 20.7 Å².